The molecule has 0 spiro atoms. The van der Waals surface area contributed by atoms with Crippen LogP contribution in [-0.4, -0.2) is 17.4 Å². The number of hydrogen-bond donors (Lipinski definition) is 0. The van der Waals surface area contributed by atoms with Crippen LogP contribution in [-0.2, 0) is 4.79 Å². The molecule has 0 atom stereocenters. The molecule has 1 aromatic carbocycles. The molecule has 2 rings (SSSR count). The van der Waals surface area contributed by atoms with Gasteiger partial charge in [0.15, 0.2) is 5.78 Å². The first kappa shape index (κ1) is 13.6. The van der Waals surface area contributed by atoms with Crippen LogP contribution in [0.1, 0.15) is 24.2 Å². The van der Waals surface area contributed by atoms with Gasteiger partial charge in [0.2, 0.25) is 0 Å². The summed E-state index contributed by atoms with van der Waals surface area (Å²) in [7, 11) is 0. The van der Waals surface area contributed by atoms with E-state index in [-0.39, 0.29) is 11.7 Å². The monoisotopic (exact) mass is 317 g/mol. The van der Waals surface area contributed by atoms with Crippen molar-refractivity contribution in [1.29, 1.82) is 0 Å². The van der Waals surface area contributed by atoms with Crippen LogP contribution in [0.4, 0.5) is 0 Å². The van der Waals surface area contributed by atoms with Gasteiger partial charge in [-0.3, -0.25) is 9.59 Å². The van der Waals surface area contributed by atoms with Gasteiger partial charge in [0.05, 0.1) is 5.71 Å². The highest BCUT2D eigenvalue weighted by molar-refractivity contribution is 9.10. The molecule has 0 aromatic heterocycles. The SMILES string of the molecule is CC1=CC(=NC(=O)c2ccc(Br)cc2)C(C)=CC1=O. The average molecular weight is 318 g/mol. The second kappa shape index (κ2) is 5.45. The van der Waals surface area contributed by atoms with Crippen LogP contribution in [0.2, 0.25) is 0 Å². The molecule has 0 heterocycles. The number of halogens is 1. The van der Waals surface area contributed by atoms with Crippen molar-refractivity contribution in [2.24, 2.45) is 4.99 Å². The Hall–Kier alpha value is -1.81. The van der Waals surface area contributed by atoms with Gasteiger partial charge in [0.25, 0.3) is 5.91 Å². The normalized spacial score (nSPS) is 17.2. The number of rotatable bonds is 1. The van der Waals surface area contributed by atoms with Crippen molar-refractivity contribution in [2.45, 2.75) is 13.8 Å². The summed E-state index contributed by atoms with van der Waals surface area (Å²) in [6, 6.07) is 7.00. The maximum Gasteiger partial charge on any atom is 0.277 e. The summed E-state index contributed by atoms with van der Waals surface area (Å²) >= 11 is 3.31. The first-order valence-electron chi connectivity index (χ1n) is 5.77. The van der Waals surface area contributed by atoms with Crippen molar-refractivity contribution >= 4 is 33.3 Å². The Bertz CT molecular complexity index is 637. The Balaban J connectivity index is 2.31. The molecule has 1 aliphatic rings. The van der Waals surface area contributed by atoms with E-state index in [2.05, 4.69) is 20.9 Å². The second-order valence-corrected chi connectivity index (χ2v) is 5.24. The third-order valence-corrected chi connectivity index (χ3v) is 3.34. The molecule has 0 saturated carbocycles. The van der Waals surface area contributed by atoms with E-state index < -0.39 is 0 Å². The third kappa shape index (κ3) is 3.15. The van der Waals surface area contributed by atoms with E-state index >= 15 is 0 Å². The lowest BCUT2D eigenvalue weighted by Gasteiger charge is -2.09. The minimum Gasteiger partial charge on any atom is -0.290 e. The predicted octanol–water partition coefficient (Wildman–Crippen LogP) is 3.51. The first-order valence-corrected chi connectivity index (χ1v) is 6.56. The van der Waals surface area contributed by atoms with Crippen LogP contribution in [0, 0.1) is 0 Å². The second-order valence-electron chi connectivity index (χ2n) is 4.33. The van der Waals surface area contributed by atoms with Crippen LogP contribution in [0.15, 0.2) is 57.0 Å². The first-order chi connectivity index (χ1) is 8.97. The molecule has 19 heavy (non-hydrogen) atoms. The van der Waals surface area contributed by atoms with Gasteiger partial charge in [-0.05, 0) is 61.4 Å². The third-order valence-electron chi connectivity index (χ3n) is 2.81. The zero-order chi connectivity index (χ0) is 14.0. The van der Waals surface area contributed by atoms with Crippen molar-refractivity contribution in [3.8, 4) is 0 Å². The number of allylic oxidation sites excluding steroid dienone is 4. The smallest absolute Gasteiger partial charge is 0.277 e. The van der Waals surface area contributed by atoms with Gasteiger partial charge < -0.3 is 0 Å². The summed E-state index contributed by atoms with van der Waals surface area (Å²) in [6.07, 6.45) is 3.15. The molecule has 0 fully saturated rings. The molecule has 0 N–H and O–H groups in total. The highest BCUT2D eigenvalue weighted by Crippen LogP contribution is 2.15. The van der Waals surface area contributed by atoms with Crippen molar-refractivity contribution in [3.05, 3.63) is 57.6 Å². The minimum atomic E-state index is -0.311. The van der Waals surface area contributed by atoms with E-state index in [0.717, 1.165) is 4.47 Å². The lowest BCUT2D eigenvalue weighted by Crippen LogP contribution is -2.12. The minimum absolute atomic E-state index is 0.0347. The number of benzene rings is 1. The van der Waals surface area contributed by atoms with Gasteiger partial charge in [-0.15, -0.1) is 0 Å². The van der Waals surface area contributed by atoms with Crippen molar-refractivity contribution in [3.63, 3.8) is 0 Å². The molecule has 0 unspecified atom stereocenters. The van der Waals surface area contributed by atoms with Gasteiger partial charge in [-0.25, -0.2) is 4.99 Å². The van der Waals surface area contributed by atoms with E-state index in [4.69, 9.17) is 0 Å². The Morgan fingerprint density at radius 1 is 1.05 bits per heavy atom. The highest BCUT2D eigenvalue weighted by atomic mass is 79.9. The number of hydrogen-bond acceptors (Lipinski definition) is 2. The number of amides is 1. The largest absolute Gasteiger partial charge is 0.290 e. The number of aliphatic imine (C=N–C) groups is 1. The molecule has 1 aliphatic carbocycles. The maximum absolute atomic E-state index is 12.0. The summed E-state index contributed by atoms with van der Waals surface area (Å²) in [5, 5.41) is 0. The molecule has 0 bridgehead atoms. The van der Waals surface area contributed by atoms with Gasteiger partial charge in [0.1, 0.15) is 0 Å². The summed E-state index contributed by atoms with van der Waals surface area (Å²) in [5.74, 6) is -0.346. The molecule has 96 valence electrons. The van der Waals surface area contributed by atoms with Crippen LogP contribution >= 0.6 is 15.9 Å². The zero-order valence-corrected chi connectivity index (χ0v) is 12.2. The van der Waals surface area contributed by atoms with Crippen molar-refractivity contribution in [2.75, 3.05) is 0 Å². The van der Waals surface area contributed by atoms with Gasteiger partial charge in [0, 0.05) is 10.0 Å². The fourth-order valence-corrected chi connectivity index (χ4v) is 1.93. The van der Waals surface area contributed by atoms with Crippen LogP contribution in [0.25, 0.3) is 0 Å². The Morgan fingerprint density at radius 2 is 1.68 bits per heavy atom. The zero-order valence-electron chi connectivity index (χ0n) is 10.6. The molecule has 0 radical (unpaired) electrons. The van der Waals surface area contributed by atoms with Gasteiger partial charge in [-0.1, -0.05) is 15.9 Å². The Kier molecular flexibility index (Phi) is 3.90. The van der Waals surface area contributed by atoms with E-state index in [1.54, 1.807) is 44.2 Å². The Labute approximate surface area is 119 Å². The van der Waals surface area contributed by atoms with E-state index in [1.807, 2.05) is 0 Å². The van der Waals surface area contributed by atoms with E-state index in [1.165, 1.54) is 6.08 Å². The number of ketones is 1. The van der Waals surface area contributed by atoms with Crippen LogP contribution < -0.4 is 0 Å². The fourth-order valence-electron chi connectivity index (χ4n) is 1.66. The number of carbonyl (C=O) groups is 2. The van der Waals surface area contributed by atoms with Gasteiger partial charge in [-0.2, -0.15) is 0 Å². The predicted molar refractivity (Wildman–Crippen MR) is 78.4 cm³/mol. The molecular weight excluding hydrogens is 306 g/mol. The summed E-state index contributed by atoms with van der Waals surface area (Å²) in [6.45, 7) is 3.49. The lowest BCUT2D eigenvalue weighted by atomic mass is 9.98. The summed E-state index contributed by atoms with van der Waals surface area (Å²) in [4.78, 5) is 27.5. The highest BCUT2D eigenvalue weighted by Gasteiger charge is 2.14. The molecule has 0 saturated heterocycles. The summed E-state index contributed by atoms with van der Waals surface area (Å²) in [5.41, 5.74) is 2.37. The van der Waals surface area contributed by atoms with Gasteiger partial charge >= 0.3 is 0 Å². The molecule has 3 nitrogen and oxygen atoms in total. The number of carbonyl (C=O) groups excluding carboxylic acids is 2. The van der Waals surface area contributed by atoms with E-state index in [0.29, 0.717) is 22.4 Å². The topological polar surface area (TPSA) is 46.5 Å². The summed E-state index contributed by atoms with van der Waals surface area (Å²) < 4.78 is 0.909. The lowest BCUT2D eigenvalue weighted by molar-refractivity contribution is -0.111. The molecule has 1 aromatic rings. The maximum atomic E-state index is 12.0. The average Bonchev–Trinajstić information content (AvgIpc) is 2.36. The number of nitrogens with zero attached hydrogens (tertiary/aromatic N) is 1. The standard InChI is InChI=1S/C15H12BrNO2/c1-9-8-14(18)10(2)7-13(9)17-15(19)11-3-5-12(16)6-4-11/h3-8H,1-2H3. The molecule has 0 aliphatic heterocycles. The molecular formula is C15H12BrNO2. The Morgan fingerprint density at radius 3 is 2.32 bits per heavy atom. The molecule has 1 amide bonds. The fraction of sp³-hybridized carbons (Fsp3) is 0.133. The van der Waals surface area contributed by atoms with E-state index in [9.17, 15) is 9.59 Å². The molecule has 4 heteroatoms. The van der Waals surface area contributed by atoms with Crippen LogP contribution in [0.5, 0.6) is 0 Å². The van der Waals surface area contributed by atoms with Crippen LogP contribution in [0.3, 0.4) is 0 Å². The quantitative estimate of drug-likeness (QED) is 0.744. The van der Waals surface area contributed by atoms with Crippen molar-refractivity contribution in [1.82, 2.24) is 0 Å². The van der Waals surface area contributed by atoms with Crippen molar-refractivity contribution < 1.29 is 9.59 Å².